The highest BCUT2D eigenvalue weighted by atomic mass is 32.2. The molecule has 0 atom stereocenters. The van der Waals surface area contributed by atoms with Crippen LogP contribution in [0.4, 0.5) is 11.4 Å². The van der Waals surface area contributed by atoms with Crippen LogP contribution in [0.15, 0.2) is 77.8 Å². The summed E-state index contributed by atoms with van der Waals surface area (Å²) in [7, 11) is -3.93. The van der Waals surface area contributed by atoms with Gasteiger partial charge in [0.15, 0.2) is 0 Å². The molecule has 1 N–H and O–H groups in total. The predicted molar refractivity (Wildman–Crippen MR) is 125 cm³/mol. The molecule has 10 heteroatoms. The summed E-state index contributed by atoms with van der Waals surface area (Å²) in [5.41, 5.74) is 2.00. The fourth-order valence-corrected chi connectivity index (χ4v) is 4.85. The second kappa shape index (κ2) is 10.1. The number of hydrogen-bond donors (Lipinski definition) is 1. The molecule has 0 aliphatic carbocycles. The van der Waals surface area contributed by atoms with Crippen LogP contribution in [0.3, 0.4) is 0 Å². The Balaban J connectivity index is 1.45. The predicted octanol–water partition coefficient (Wildman–Crippen LogP) is 2.79. The van der Waals surface area contributed by atoms with Crippen molar-refractivity contribution in [1.29, 1.82) is 0 Å². The molecule has 33 heavy (non-hydrogen) atoms. The summed E-state index contributed by atoms with van der Waals surface area (Å²) in [6.07, 6.45) is 1.57. The minimum atomic E-state index is -3.93. The molecular formula is C23H25N5O4S. The molecule has 2 heterocycles. The zero-order valence-corrected chi connectivity index (χ0v) is 18.8. The Bertz CT molecular complexity index is 1200. The number of sulfonamides is 1. The molecule has 0 radical (unpaired) electrons. The average Bonchev–Trinajstić information content (AvgIpc) is 2.84. The number of nitro benzene ring substituents is 1. The molecule has 9 nitrogen and oxygen atoms in total. The number of piperazine rings is 1. The van der Waals surface area contributed by atoms with Crippen LogP contribution in [-0.2, 0) is 23.1 Å². The van der Waals surface area contributed by atoms with Crippen molar-refractivity contribution in [2.24, 2.45) is 0 Å². The minimum Gasteiger partial charge on any atom is -0.363 e. The van der Waals surface area contributed by atoms with Gasteiger partial charge in [-0.3, -0.25) is 20.0 Å². The first-order valence-corrected chi connectivity index (χ1v) is 12.1. The molecule has 172 valence electrons. The first kappa shape index (κ1) is 22.8. The average molecular weight is 468 g/mol. The second-order valence-corrected chi connectivity index (χ2v) is 9.57. The van der Waals surface area contributed by atoms with Crippen LogP contribution in [0.1, 0.15) is 11.3 Å². The van der Waals surface area contributed by atoms with Gasteiger partial charge >= 0.3 is 0 Å². The molecule has 1 saturated heterocycles. The maximum Gasteiger partial charge on any atom is 0.293 e. The molecule has 0 saturated carbocycles. The SMILES string of the molecule is O=[N+]([O-])c1cc(S(=O)(=O)NCc2ccccn2)ccc1N1CCN(Cc2ccccc2)CC1. The second-order valence-electron chi connectivity index (χ2n) is 7.80. The lowest BCUT2D eigenvalue weighted by Crippen LogP contribution is -2.46. The van der Waals surface area contributed by atoms with Gasteiger partial charge in [-0.05, 0) is 29.8 Å². The van der Waals surface area contributed by atoms with Crippen LogP contribution >= 0.6 is 0 Å². The van der Waals surface area contributed by atoms with Crippen molar-refractivity contribution in [2.75, 3.05) is 31.1 Å². The van der Waals surface area contributed by atoms with E-state index in [2.05, 4.69) is 26.7 Å². The van der Waals surface area contributed by atoms with E-state index in [1.807, 2.05) is 23.1 Å². The molecule has 0 bridgehead atoms. The number of aromatic nitrogens is 1. The molecule has 0 amide bonds. The maximum absolute atomic E-state index is 12.7. The highest BCUT2D eigenvalue weighted by molar-refractivity contribution is 7.89. The van der Waals surface area contributed by atoms with Crippen LogP contribution in [0.25, 0.3) is 0 Å². The van der Waals surface area contributed by atoms with Gasteiger partial charge in [0.2, 0.25) is 10.0 Å². The van der Waals surface area contributed by atoms with Crippen molar-refractivity contribution in [1.82, 2.24) is 14.6 Å². The van der Waals surface area contributed by atoms with Crippen molar-refractivity contribution in [3.8, 4) is 0 Å². The minimum absolute atomic E-state index is 0.00208. The van der Waals surface area contributed by atoms with E-state index in [9.17, 15) is 18.5 Å². The van der Waals surface area contributed by atoms with Gasteiger partial charge in [0, 0.05) is 45.0 Å². The third-order valence-electron chi connectivity index (χ3n) is 5.59. The van der Waals surface area contributed by atoms with Crippen molar-refractivity contribution in [2.45, 2.75) is 18.0 Å². The van der Waals surface area contributed by atoms with Gasteiger partial charge < -0.3 is 4.90 Å². The standard InChI is InChI=1S/C23H25N5O4S/c29-28(30)23-16-21(33(31,32)25-17-20-8-4-5-11-24-20)9-10-22(23)27-14-12-26(13-15-27)18-19-6-2-1-3-7-19/h1-11,16,25H,12-15,17-18H2. The maximum atomic E-state index is 12.7. The topological polar surface area (TPSA) is 109 Å². The third-order valence-corrected chi connectivity index (χ3v) is 6.98. The highest BCUT2D eigenvalue weighted by Crippen LogP contribution is 2.31. The Kier molecular flexibility index (Phi) is 6.97. The number of nitrogens with one attached hydrogen (secondary N) is 1. The van der Waals surface area contributed by atoms with Gasteiger partial charge in [-0.25, -0.2) is 13.1 Å². The molecule has 0 unspecified atom stereocenters. The summed E-state index contributed by atoms with van der Waals surface area (Å²) >= 11 is 0. The molecular weight excluding hydrogens is 442 g/mol. The highest BCUT2D eigenvalue weighted by Gasteiger charge is 2.26. The summed E-state index contributed by atoms with van der Waals surface area (Å²) in [5.74, 6) is 0. The third kappa shape index (κ3) is 5.72. The van der Waals surface area contributed by atoms with Crippen molar-refractivity contribution >= 4 is 21.4 Å². The molecule has 2 aromatic carbocycles. The van der Waals surface area contributed by atoms with Gasteiger partial charge in [0.1, 0.15) is 5.69 Å². The van der Waals surface area contributed by atoms with Gasteiger partial charge in [0.25, 0.3) is 5.69 Å². The zero-order valence-electron chi connectivity index (χ0n) is 18.0. The summed E-state index contributed by atoms with van der Waals surface area (Å²) in [4.78, 5) is 19.4. The van der Waals surface area contributed by atoms with Crippen LogP contribution in [0.5, 0.6) is 0 Å². The van der Waals surface area contributed by atoms with Gasteiger partial charge in [-0.2, -0.15) is 0 Å². The van der Waals surface area contributed by atoms with E-state index < -0.39 is 14.9 Å². The number of benzene rings is 2. The molecule has 1 aromatic heterocycles. The Morgan fingerprint density at radius 3 is 2.36 bits per heavy atom. The van der Waals surface area contributed by atoms with E-state index in [0.29, 0.717) is 24.5 Å². The number of hydrogen-bond acceptors (Lipinski definition) is 7. The largest absolute Gasteiger partial charge is 0.363 e. The normalized spacial score (nSPS) is 14.8. The van der Waals surface area contributed by atoms with E-state index in [0.717, 1.165) is 25.7 Å². The summed E-state index contributed by atoms with van der Waals surface area (Å²) in [6.45, 7) is 3.60. The van der Waals surface area contributed by atoms with Gasteiger partial charge in [0.05, 0.1) is 22.1 Å². The molecule has 1 aliphatic rings. The van der Waals surface area contributed by atoms with Crippen LogP contribution in [0, 0.1) is 10.1 Å². The van der Waals surface area contributed by atoms with Crippen LogP contribution in [-0.4, -0.2) is 49.4 Å². The fourth-order valence-electron chi connectivity index (χ4n) is 3.83. The Morgan fingerprint density at radius 1 is 0.970 bits per heavy atom. The smallest absolute Gasteiger partial charge is 0.293 e. The lowest BCUT2D eigenvalue weighted by atomic mass is 10.2. The number of anilines is 1. The zero-order chi connectivity index (χ0) is 23.3. The van der Waals surface area contributed by atoms with Crippen molar-refractivity contribution in [3.63, 3.8) is 0 Å². The molecule has 4 rings (SSSR count). The Labute approximate surface area is 192 Å². The Morgan fingerprint density at radius 2 is 1.70 bits per heavy atom. The van der Waals surface area contributed by atoms with Crippen LogP contribution < -0.4 is 9.62 Å². The number of nitrogens with zero attached hydrogens (tertiary/aromatic N) is 4. The molecule has 3 aromatic rings. The number of nitro groups is 1. The summed E-state index contributed by atoms with van der Waals surface area (Å²) in [6, 6.07) is 19.4. The van der Waals surface area contributed by atoms with E-state index in [4.69, 9.17) is 0 Å². The summed E-state index contributed by atoms with van der Waals surface area (Å²) < 4.78 is 27.9. The lowest BCUT2D eigenvalue weighted by molar-refractivity contribution is -0.384. The monoisotopic (exact) mass is 467 g/mol. The van der Waals surface area contributed by atoms with E-state index >= 15 is 0 Å². The van der Waals surface area contributed by atoms with E-state index in [1.54, 1.807) is 24.4 Å². The number of pyridine rings is 1. The summed E-state index contributed by atoms with van der Waals surface area (Å²) in [5, 5.41) is 11.8. The quantitative estimate of drug-likeness (QED) is 0.401. The van der Waals surface area contributed by atoms with E-state index in [1.165, 1.54) is 17.7 Å². The van der Waals surface area contributed by atoms with Gasteiger partial charge in [-0.1, -0.05) is 36.4 Å². The molecule has 0 spiro atoms. The van der Waals surface area contributed by atoms with Crippen LogP contribution in [0.2, 0.25) is 0 Å². The first-order valence-electron chi connectivity index (χ1n) is 10.6. The lowest BCUT2D eigenvalue weighted by Gasteiger charge is -2.35. The molecule has 1 aliphatic heterocycles. The number of rotatable bonds is 8. The van der Waals surface area contributed by atoms with E-state index in [-0.39, 0.29) is 17.1 Å². The Hall–Kier alpha value is -3.34. The first-order chi connectivity index (χ1) is 15.9. The fraction of sp³-hybridized carbons (Fsp3) is 0.261. The van der Waals surface area contributed by atoms with Crippen molar-refractivity contribution < 1.29 is 13.3 Å². The van der Waals surface area contributed by atoms with Gasteiger partial charge in [-0.15, -0.1) is 0 Å². The molecule has 1 fully saturated rings. The van der Waals surface area contributed by atoms with Crippen molar-refractivity contribution in [3.05, 3.63) is 94.3 Å².